The van der Waals surface area contributed by atoms with Crippen LogP contribution in [-0.4, -0.2) is 28.0 Å². The number of nitrogens with one attached hydrogen (secondary N) is 1. The van der Waals surface area contributed by atoms with Gasteiger partial charge in [-0.15, -0.1) is 0 Å². The molecule has 1 amide bonds. The van der Waals surface area contributed by atoms with Crippen molar-refractivity contribution in [1.82, 2.24) is 15.1 Å². The molecule has 21 heavy (non-hydrogen) atoms. The van der Waals surface area contributed by atoms with Crippen LogP contribution >= 0.6 is 0 Å². The molecule has 0 saturated heterocycles. The average molecular weight is 285 g/mol. The summed E-state index contributed by atoms with van der Waals surface area (Å²) in [6.07, 6.45) is 1.36. The summed E-state index contributed by atoms with van der Waals surface area (Å²) >= 11 is 0. The minimum atomic E-state index is -0.498. The van der Waals surface area contributed by atoms with Crippen LogP contribution in [0.2, 0.25) is 0 Å². The zero-order valence-electron chi connectivity index (χ0n) is 12.7. The summed E-state index contributed by atoms with van der Waals surface area (Å²) in [5.41, 5.74) is 1.42. The number of carbonyl (C=O) groups is 1. The molecule has 0 unspecified atom stereocenters. The number of hydrogen-bond acceptors (Lipinski definition) is 3. The Kier molecular flexibility index (Phi) is 4.18. The second-order valence-electron chi connectivity index (χ2n) is 5.70. The van der Waals surface area contributed by atoms with Crippen molar-refractivity contribution in [2.45, 2.75) is 26.4 Å². The SMILES string of the molecule is Cn1ncc2ccc(C#CCNC(=O)OC(C)(C)C)cc21. The van der Waals surface area contributed by atoms with Gasteiger partial charge < -0.3 is 10.1 Å². The van der Waals surface area contributed by atoms with E-state index in [1.807, 2.05) is 52.2 Å². The van der Waals surface area contributed by atoms with E-state index in [2.05, 4.69) is 22.3 Å². The maximum Gasteiger partial charge on any atom is 0.408 e. The molecule has 5 heteroatoms. The van der Waals surface area contributed by atoms with Gasteiger partial charge in [0.2, 0.25) is 0 Å². The summed E-state index contributed by atoms with van der Waals surface area (Å²) in [6.45, 7) is 5.71. The Morgan fingerprint density at radius 2 is 2.19 bits per heavy atom. The minimum absolute atomic E-state index is 0.248. The van der Waals surface area contributed by atoms with E-state index in [-0.39, 0.29) is 6.54 Å². The third-order valence-electron chi connectivity index (χ3n) is 2.70. The first-order valence-electron chi connectivity index (χ1n) is 6.73. The van der Waals surface area contributed by atoms with Gasteiger partial charge in [0, 0.05) is 18.0 Å². The zero-order chi connectivity index (χ0) is 15.5. The Morgan fingerprint density at radius 3 is 2.90 bits per heavy atom. The predicted octanol–water partition coefficient (Wildman–Crippen LogP) is 2.45. The Bertz CT molecular complexity index is 714. The van der Waals surface area contributed by atoms with E-state index in [0.717, 1.165) is 16.5 Å². The third-order valence-corrected chi connectivity index (χ3v) is 2.70. The molecule has 0 aliphatic heterocycles. The van der Waals surface area contributed by atoms with Crippen molar-refractivity contribution in [2.75, 3.05) is 6.54 Å². The molecule has 0 bridgehead atoms. The number of aryl methyl sites for hydroxylation is 1. The molecular weight excluding hydrogens is 266 g/mol. The highest BCUT2D eigenvalue weighted by Crippen LogP contribution is 2.14. The number of hydrogen-bond donors (Lipinski definition) is 1. The second kappa shape index (κ2) is 5.88. The van der Waals surface area contributed by atoms with Crippen LogP contribution in [0.25, 0.3) is 10.9 Å². The highest BCUT2D eigenvalue weighted by atomic mass is 16.6. The van der Waals surface area contributed by atoms with Gasteiger partial charge in [-0.3, -0.25) is 4.68 Å². The van der Waals surface area contributed by atoms with E-state index in [1.165, 1.54) is 0 Å². The van der Waals surface area contributed by atoms with Crippen molar-refractivity contribution in [3.8, 4) is 11.8 Å². The lowest BCUT2D eigenvalue weighted by Gasteiger charge is -2.18. The molecule has 1 heterocycles. The molecule has 0 aliphatic carbocycles. The average Bonchev–Trinajstić information content (AvgIpc) is 2.74. The molecule has 5 nitrogen and oxygen atoms in total. The van der Waals surface area contributed by atoms with Crippen molar-refractivity contribution in [3.63, 3.8) is 0 Å². The molecule has 110 valence electrons. The van der Waals surface area contributed by atoms with Crippen molar-refractivity contribution >= 4 is 17.0 Å². The summed E-state index contributed by atoms with van der Waals surface area (Å²) in [7, 11) is 1.89. The quantitative estimate of drug-likeness (QED) is 0.819. The molecule has 0 atom stereocenters. The van der Waals surface area contributed by atoms with Crippen molar-refractivity contribution in [2.24, 2.45) is 7.05 Å². The van der Waals surface area contributed by atoms with Gasteiger partial charge in [-0.2, -0.15) is 5.10 Å². The fraction of sp³-hybridized carbons (Fsp3) is 0.375. The van der Waals surface area contributed by atoms with Crippen LogP contribution < -0.4 is 5.32 Å². The molecule has 0 radical (unpaired) electrons. The summed E-state index contributed by atoms with van der Waals surface area (Å²) in [4.78, 5) is 11.4. The summed E-state index contributed by atoms with van der Waals surface area (Å²) in [5.74, 6) is 5.91. The summed E-state index contributed by atoms with van der Waals surface area (Å²) < 4.78 is 6.93. The van der Waals surface area contributed by atoms with E-state index in [1.54, 1.807) is 4.68 Å². The maximum atomic E-state index is 11.4. The first-order valence-corrected chi connectivity index (χ1v) is 6.73. The van der Waals surface area contributed by atoms with Gasteiger partial charge in [-0.25, -0.2) is 4.79 Å². The van der Waals surface area contributed by atoms with Crippen LogP contribution in [0.3, 0.4) is 0 Å². The van der Waals surface area contributed by atoms with Gasteiger partial charge in [0.25, 0.3) is 0 Å². The van der Waals surface area contributed by atoms with Crippen molar-refractivity contribution in [1.29, 1.82) is 0 Å². The van der Waals surface area contributed by atoms with Gasteiger partial charge in [0.15, 0.2) is 0 Å². The molecule has 0 saturated carbocycles. The standard InChI is InChI=1S/C16H19N3O2/c1-16(2,3)21-15(20)17-9-5-6-12-7-8-13-11-18-19(4)14(13)10-12/h7-8,10-11H,9H2,1-4H3,(H,17,20). The topological polar surface area (TPSA) is 56.2 Å². The van der Waals surface area contributed by atoms with Crippen LogP contribution in [0.1, 0.15) is 26.3 Å². The number of benzene rings is 1. The number of nitrogens with zero attached hydrogens (tertiary/aromatic N) is 2. The Labute approximate surface area is 124 Å². The number of alkyl carbamates (subject to hydrolysis) is 1. The molecule has 2 rings (SSSR count). The lowest BCUT2D eigenvalue weighted by atomic mass is 10.2. The fourth-order valence-electron chi connectivity index (χ4n) is 1.80. The molecule has 2 aromatic rings. The summed E-state index contributed by atoms with van der Waals surface area (Å²) in [5, 5.41) is 7.86. The molecular formula is C16H19N3O2. The molecule has 0 spiro atoms. The number of rotatable bonds is 1. The van der Waals surface area contributed by atoms with E-state index in [4.69, 9.17) is 4.74 Å². The Balaban J connectivity index is 1.95. The van der Waals surface area contributed by atoms with Crippen molar-refractivity contribution in [3.05, 3.63) is 30.0 Å². The molecule has 1 aromatic heterocycles. The minimum Gasteiger partial charge on any atom is -0.444 e. The monoisotopic (exact) mass is 285 g/mol. The smallest absolute Gasteiger partial charge is 0.408 e. The largest absolute Gasteiger partial charge is 0.444 e. The van der Waals surface area contributed by atoms with E-state index >= 15 is 0 Å². The number of fused-ring (bicyclic) bond motifs is 1. The third kappa shape index (κ3) is 4.25. The molecule has 1 N–H and O–H groups in total. The van der Waals surface area contributed by atoms with E-state index in [0.29, 0.717) is 0 Å². The van der Waals surface area contributed by atoms with Crippen molar-refractivity contribution < 1.29 is 9.53 Å². The molecule has 0 aliphatic rings. The normalized spacial score (nSPS) is 10.9. The number of ether oxygens (including phenoxy) is 1. The van der Waals surface area contributed by atoms with Crippen LogP contribution in [-0.2, 0) is 11.8 Å². The second-order valence-corrected chi connectivity index (χ2v) is 5.70. The van der Waals surface area contributed by atoms with Crippen LogP contribution in [0.15, 0.2) is 24.4 Å². The first-order chi connectivity index (χ1) is 9.85. The van der Waals surface area contributed by atoms with E-state index < -0.39 is 11.7 Å². The van der Waals surface area contributed by atoms with Gasteiger partial charge in [-0.1, -0.05) is 11.8 Å². The fourth-order valence-corrected chi connectivity index (χ4v) is 1.80. The first kappa shape index (κ1) is 14.9. The van der Waals surface area contributed by atoms with Gasteiger partial charge in [0.1, 0.15) is 5.60 Å². The lowest BCUT2D eigenvalue weighted by Crippen LogP contribution is -2.32. The predicted molar refractivity (Wildman–Crippen MR) is 81.8 cm³/mol. The Morgan fingerprint density at radius 1 is 1.43 bits per heavy atom. The Hall–Kier alpha value is -2.48. The van der Waals surface area contributed by atoms with Gasteiger partial charge >= 0.3 is 6.09 Å². The number of carbonyl (C=O) groups excluding carboxylic acids is 1. The number of amides is 1. The molecule has 1 aromatic carbocycles. The molecule has 0 fully saturated rings. The van der Waals surface area contributed by atoms with Crippen LogP contribution in [0, 0.1) is 11.8 Å². The summed E-state index contributed by atoms with van der Waals surface area (Å²) in [6, 6.07) is 5.89. The van der Waals surface area contributed by atoms with Gasteiger partial charge in [-0.05, 0) is 39.0 Å². The number of aromatic nitrogens is 2. The lowest BCUT2D eigenvalue weighted by molar-refractivity contribution is 0.0535. The maximum absolute atomic E-state index is 11.4. The highest BCUT2D eigenvalue weighted by molar-refractivity contribution is 5.80. The van der Waals surface area contributed by atoms with E-state index in [9.17, 15) is 4.79 Å². The zero-order valence-corrected chi connectivity index (χ0v) is 12.7. The van der Waals surface area contributed by atoms with Crippen LogP contribution in [0.5, 0.6) is 0 Å². The highest BCUT2D eigenvalue weighted by Gasteiger charge is 2.14. The van der Waals surface area contributed by atoms with Crippen LogP contribution in [0.4, 0.5) is 4.79 Å². The van der Waals surface area contributed by atoms with Gasteiger partial charge in [0.05, 0.1) is 18.3 Å².